The van der Waals surface area contributed by atoms with Crippen molar-refractivity contribution in [3.8, 4) is 23.8 Å². The van der Waals surface area contributed by atoms with E-state index in [9.17, 15) is 4.79 Å². The highest BCUT2D eigenvalue weighted by Gasteiger charge is 2.21. The summed E-state index contributed by atoms with van der Waals surface area (Å²) in [5.41, 5.74) is 0.516. The Bertz CT molecular complexity index is 515. The van der Waals surface area contributed by atoms with E-state index in [1.54, 1.807) is 23.1 Å². The van der Waals surface area contributed by atoms with Gasteiger partial charge in [0.2, 0.25) is 0 Å². The summed E-state index contributed by atoms with van der Waals surface area (Å²) in [4.78, 5) is 14.2. The number of methoxy groups -OCH3 is 1. The molecule has 0 aromatic heterocycles. The average Bonchev–Trinajstić information content (AvgIpc) is 2.52. The molecular formula is C15H17NO4. The van der Waals surface area contributed by atoms with Crippen molar-refractivity contribution in [2.75, 3.05) is 40.0 Å². The fourth-order valence-corrected chi connectivity index (χ4v) is 2.00. The number of hydrogen-bond acceptors (Lipinski definition) is 4. The molecule has 0 radical (unpaired) electrons. The van der Waals surface area contributed by atoms with E-state index in [1.165, 1.54) is 7.11 Å². The summed E-state index contributed by atoms with van der Waals surface area (Å²) in [6.07, 6.45) is 5.14. The lowest BCUT2D eigenvalue weighted by Gasteiger charge is -2.27. The van der Waals surface area contributed by atoms with Crippen molar-refractivity contribution in [3.05, 3.63) is 23.8 Å². The second-order valence-electron chi connectivity index (χ2n) is 4.26. The van der Waals surface area contributed by atoms with Crippen LogP contribution in [0, 0.1) is 12.3 Å². The third-order valence-electron chi connectivity index (χ3n) is 3.02. The second kappa shape index (κ2) is 6.83. The van der Waals surface area contributed by atoms with Crippen LogP contribution >= 0.6 is 0 Å². The van der Waals surface area contributed by atoms with E-state index in [2.05, 4.69) is 5.92 Å². The van der Waals surface area contributed by atoms with Crippen LogP contribution in [0.4, 0.5) is 0 Å². The summed E-state index contributed by atoms with van der Waals surface area (Å²) < 4.78 is 15.8. The number of amides is 1. The van der Waals surface area contributed by atoms with E-state index < -0.39 is 0 Å². The van der Waals surface area contributed by atoms with Crippen molar-refractivity contribution in [3.63, 3.8) is 0 Å². The lowest BCUT2D eigenvalue weighted by molar-refractivity contribution is 0.0301. The molecular weight excluding hydrogens is 258 g/mol. The third kappa shape index (κ3) is 3.22. The van der Waals surface area contributed by atoms with Gasteiger partial charge in [-0.15, -0.1) is 6.42 Å². The Balaban J connectivity index is 2.18. The number of terminal acetylenes is 1. The molecule has 2 rings (SSSR count). The van der Waals surface area contributed by atoms with E-state index in [4.69, 9.17) is 20.6 Å². The fraction of sp³-hybridized carbons (Fsp3) is 0.400. The Labute approximate surface area is 118 Å². The Morgan fingerprint density at radius 3 is 2.85 bits per heavy atom. The minimum Gasteiger partial charge on any atom is -0.496 e. The van der Waals surface area contributed by atoms with Crippen LogP contribution in [0.1, 0.15) is 10.4 Å². The molecule has 1 aliphatic rings. The molecule has 1 heterocycles. The SMILES string of the molecule is C#CCOc1ccc(C(=O)N2CCOCC2)c(OC)c1. The van der Waals surface area contributed by atoms with Crippen molar-refractivity contribution in [2.45, 2.75) is 0 Å². The lowest BCUT2D eigenvalue weighted by atomic mass is 10.1. The van der Waals surface area contributed by atoms with Gasteiger partial charge < -0.3 is 19.1 Å². The van der Waals surface area contributed by atoms with Gasteiger partial charge in [0.15, 0.2) is 0 Å². The molecule has 0 saturated carbocycles. The van der Waals surface area contributed by atoms with Gasteiger partial charge in [0.25, 0.3) is 5.91 Å². The molecule has 0 aliphatic carbocycles. The molecule has 20 heavy (non-hydrogen) atoms. The fourth-order valence-electron chi connectivity index (χ4n) is 2.00. The van der Waals surface area contributed by atoms with Crippen LogP contribution in [-0.4, -0.2) is 50.8 Å². The molecule has 1 aromatic rings. The quantitative estimate of drug-likeness (QED) is 0.774. The number of hydrogen-bond donors (Lipinski definition) is 0. The molecule has 0 N–H and O–H groups in total. The molecule has 0 atom stereocenters. The topological polar surface area (TPSA) is 48.0 Å². The zero-order chi connectivity index (χ0) is 14.4. The first-order valence-electron chi connectivity index (χ1n) is 6.37. The molecule has 5 heteroatoms. The van der Waals surface area contributed by atoms with Crippen molar-refractivity contribution in [1.29, 1.82) is 0 Å². The van der Waals surface area contributed by atoms with Gasteiger partial charge in [-0.3, -0.25) is 4.79 Å². The summed E-state index contributed by atoms with van der Waals surface area (Å²) in [5, 5.41) is 0. The second-order valence-corrected chi connectivity index (χ2v) is 4.26. The van der Waals surface area contributed by atoms with Gasteiger partial charge in [-0.2, -0.15) is 0 Å². The van der Waals surface area contributed by atoms with E-state index >= 15 is 0 Å². The van der Waals surface area contributed by atoms with E-state index in [-0.39, 0.29) is 12.5 Å². The monoisotopic (exact) mass is 275 g/mol. The van der Waals surface area contributed by atoms with Gasteiger partial charge in [0.05, 0.1) is 25.9 Å². The molecule has 0 spiro atoms. The first-order valence-corrected chi connectivity index (χ1v) is 6.37. The molecule has 1 aliphatic heterocycles. The van der Waals surface area contributed by atoms with Crippen molar-refractivity contribution in [1.82, 2.24) is 4.90 Å². The van der Waals surface area contributed by atoms with Crippen LogP contribution in [0.3, 0.4) is 0 Å². The minimum absolute atomic E-state index is 0.0614. The Morgan fingerprint density at radius 2 is 2.20 bits per heavy atom. The number of carbonyl (C=O) groups excluding carboxylic acids is 1. The maximum Gasteiger partial charge on any atom is 0.257 e. The van der Waals surface area contributed by atoms with Gasteiger partial charge in [-0.05, 0) is 12.1 Å². The highest BCUT2D eigenvalue weighted by molar-refractivity contribution is 5.97. The normalized spacial score (nSPS) is 14.5. The van der Waals surface area contributed by atoms with Gasteiger partial charge >= 0.3 is 0 Å². The largest absolute Gasteiger partial charge is 0.496 e. The first kappa shape index (κ1) is 14.2. The smallest absolute Gasteiger partial charge is 0.257 e. The zero-order valence-electron chi connectivity index (χ0n) is 11.4. The summed E-state index contributed by atoms with van der Waals surface area (Å²) in [7, 11) is 1.52. The number of carbonyl (C=O) groups is 1. The van der Waals surface area contributed by atoms with E-state index in [0.29, 0.717) is 43.4 Å². The predicted octanol–water partition coefficient (Wildman–Crippen LogP) is 1.18. The number of rotatable bonds is 4. The van der Waals surface area contributed by atoms with Crippen LogP contribution in [0.15, 0.2) is 18.2 Å². The van der Waals surface area contributed by atoms with Crippen LogP contribution in [0.5, 0.6) is 11.5 Å². The maximum atomic E-state index is 12.4. The molecule has 1 fully saturated rings. The first-order chi connectivity index (χ1) is 9.76. The summed E-state index contributed by atoms with van der Waals surface area (Å²) in [6, 6.07) is 5.08. The molecule has 5 nitrogen and oxygen atoms in total. The van der Waals surface area contributed by atoms with Crippen molar-refractivity contribution in [2.24, 2.45) is 0 Å². The molecule has 0 unspecified atom stereocenters. The highest BCUT2D eigenvalue weighted by atomic mass is 16.5. The number of nitrogens with zero attached hydrogens (tertiary/aromatic N) is 1. The Kier molecular flexibility index (Phi) is 4.85. The highest BCUT2D eigenvalue weighted by Crippen LogP contribution is 2.26. The van der Waals surface area contributed by atoms with Gasteiger partial charge in [-0.1, -0.05) is 5.92 Å². The van der Waals surface area contributed by atoms with Gasteiger partial charge in [0, 0.05) is 19.2 Å². The van der Waals surface area contributed by atoms with Crippen molar-refractivity contribution >= 4 is 5.91 Å². The van der Waals surface area contributed by atoms with E-state index in [0.717, 1.165) is 0 Å². The maximum absolute atomic E-state index is 12.4. The van der Waals surface area contributed by atoms with E-state index in [1.807, 2.05) is 0 Å². The third-order valence-corrected chi connectivity index (χ3v) is 3.02. The average molecular weight is 275 g/mol. The molecule has 0 bridgehead atoms. The van der Waals surface area contributed by atoms with Crippen molar-refractivity contribution < 1.29 is 19.0 Å². The van der Waals surface area contributed by atoms with Gasteiger partial charge in [0.1, 0.15) is 18.1 Å². The van der Waals surface area contributed by atoms with Crippen LogP contribution in [0.25, 0.3) is 0 Å². The zero-order valence-corrected chi connectivity index (χ0v) is 11.4. The van der Waals surface area contributed by atoms with Crippen LogP contribution < -0.4 is 9.47 Å². The summed E-state index contributed by atoms with van der Waals surface area (Å²) in [6.45, 7) is 2.50. The number of morpholine rings is 1. The lowest BCUT2D eigenvalue weighted by Crippen LogP contribution is -2.40. The number of benzene rings is 1. The number of ether oxygens (including phenoxy) is 3. The van der Waals surface area contributed by atoms with Crippen LogP contribution in [0.2, 0.25) is 0 Å². The molecule has 1 amide bonds. The standard InChI is InChI=1S/C15H17NO4/c1-3-8-20-12-4-5-13(14(11-12)18-2)15(17)16-6-9-19-10-7-16/h1,4-5,11H,6-10H2,2H3. The summed E-state index contributed by atoms with van der Waals surface area (Å²) >= 11 is 0. The minimum atomic E-state index is -0.0614. The Morgan fingerprint density at radius 1 is 1.45 bits per heavy atom. The van der Waals surface area contributed by atoms with Gasteiger partial charge in [-0.25, -0.2) is 0 Å². The summed E-state index contributed by atoms with van der Waals surface area (Å²) in [5.74, 6) is 3.39. The van der Waals surface area contributed by atoms with Crippen LogP contribution in [-0.2, 0) is 4.74 Å². The molecule has 1 aromatic carbocycles. The predicted molar refractivity (Wildman–Crippen MR) is 74.0 cm³/mol. The molecule has 106 valence electrons. The molecule has 1 saturated heterocycles. The Hall–Kier alpha value is -2.19.